The topological polar surface area (TPSA) is 38.8 Å². The smallest absolute Gasteiger partial charge is 0.135 e. The standard InChI is InChI=1S/C16H31NO3/c1-3-9-17-10-6-15(7-11-17)4-5-16(18)8-12-20-14-13-19-2/h15H,3-14H2,1-2H3. The molecule has 0 bridgehead atoms. The maximum atomic E-state index is 11.8. The summed E-state index contributed by atoms with van der Waals surface area (Å²) < 4.78 is 10.2. The second-order valence-corrected chi connectivity index (χ2v) is 5.72. The van der Waals surface area contributed by atoms with E-state index in [0.717, 1.165) is 18.8 Å². The molecule has 1 rings (SSSR count). The molecule has 1 aliphatic rings. The Bertz CT molecular complexity index is 250. The summed E-state index contributed by atoms with van der Waals surface area (Å²) in [4.78, 5) is 14.3. The largest absolute Gasteiger partial charge is 0.382 e. The van der Waals surface area contributed by atoms with Gasteiger partial charge in [-0.1, -0.05) is 6.92 Å². The average Bonchev–Trinajstić information content (AvgIpc) is 2.47. The third kappa shape index (κ3) is 7.98. The van der Waals surface area contributed by atoms with Crippen LogP contribution in [0, 0.1) is 5.92 Å². The van der Waals surface area contributed by atoms with E-state index in [9.17, 15) is 4.79 Å². The molecular weight excluding hydrogens is 254 g/mol. The number of nitrogens with zero attached hydrogens (tertiary/aromatic N) is 1. The Balaban J connectivity index is 1.99. The van der Waals surface area contributed by atoms with Gasteiger partial charge in [0, 0.05) is 20.0 Å². The van der Waals surface area contributed by atoms with Crippen LogP contribution in [0.2, 0.25) is 0 Å². The van der Waals surface area contributed by atoms with Crippen LogP contribution in [0.5, 0.6) is 0 Å². The Kier molecular flexibility index (Phi) is 9.89. The third-order valence-corrected chi connectivity index (χ3v) is 4.04. The number of hydrogen-bond donors (Lipinski definition) is 0. The molecular formula is C16H31NO3. The number of likely N-dealkylation sites (tertiary alicyclic amines) is 1. The first-order chi connectivity index (χ1) is 9.76. The van der Waals surface area contributed by atoms with Crippen molar-refractivity contribution in [1.82, 2.24) is 4.90 Å². The number of ether oxygens (including phenoxy) is 2. The van der Waals surface area contributed by atoms with Crippen LogP contribution in [0.3, 0.4) is 0 Å². The van der Waals surface area contributed by atoms with Gasteiger partial charge in [-0.15, -0.1) is 0 Å². The lowest BCUT2D eigenvalue weighted by molar-refractivity contribution is -0.120. The summed E-state index contributed by atoms with van der Waals surface area (Å²) in [6, 6.07) is 0. The Morgan fingerprint density at radius 1 is 1.15 bits per heavy atom. The van der Waals surface area contributed by atoms with Gasteiger partial charge in [0.1, 0.15) is 5.78 Å². The molecule has 0 unspecified atom stereocenters. The fourth-order valence-corrected chi connectivity index (χ4v) is 2.74. The molecule has 1 heterocycles. The molecule has 0 atom stereocenters. The predicted molar refractivity (Wildman–Crippen MR) is 81.0 cm³/mol. The first kappa shape index (κ1) is 17.6. The van der Waals surface area contributed by atoms with Crippen LogP contribution in [0.4, 0.5) is 0 Å². The number of hydrogen-bond acceptors (Lipinski definition) is 4. The normalized spacial score (nSPS) is 17.5. The number of ketones is 1. The lowest BCUT2D eigenvalue weighted by atomic mass is 9.91. The highest BCUT2D eigenvalue weighted by Gasteiger charge is 2.19. The van der Waals surface area contributed by atoms with Crippen molar-refractivity contribution < 1.29 is 14.3 Å². The molecule has 1 aliphatic heterocycles. The zero-order valence-corrected chi connectivity index (χ0v) is 13.2. The van der Waals surface area contributed by atoms with E-state index in [2.05, 4.69) is 11.8 Å². The van der Waals surface area contributed by atoms with Crippen LogP contribution >= 0.6 is 0 Å². The summed E-state index contributed by atoms with van der Waals surface area (Å²) in [5.74, 6) is 1.10. The molecule has 0 saturated carbocycles. The molecule has 1 fully saturated rings. The first-order valence-corrected chi connectivity index (χ1v) is 8.07. The van der Waals surface area contributed by atoms with Crippen molar-refractivity contribution in [3.8, 4) is 0 Å². The van der Waals surface area contributed by atoms with Gasteiger partial charge in [0.2, 0.25) is 0 Å². The quantitative estimate of drug-likeness (QED) is 0.547. The highest BCUT2D eigenvalue weighted by atomic mass is 16.5. The number of Topliss-reactive ketones (excluding diaryl/α,β-unsaturated/α-hetero) is 1. The van der Waals surface area contributed by atoms with Gasteiger partial charge in [0.05, 0.1) is 19.8 Å². The SMILES string of the molecule is CCCN1CCC(CCC(=O)CCOCCOC)CC1. The summed E-state index contributed by atoms with van der Waals surface area (Å²) in [5.41, 5.74) is 0. The van der Waals surface area contributed by atoms with E-state index in [1.807, 2.05) is 0 Å². The minimum Gasteiger partial charge on any atom is -0.382 e. The molecule has 4 heteroatoms. The fraction of sp³-hybridized carbons (Fsp3) is 0.938. The van der Waals surface area contributed by atoms with Crippen molar-refractivity contribution in [2.24, 2.45) is 5.92 Å². The molecule has 0 aromatic heterocycles. The molecule has 0 amide bonds. The zero-order valence-electron chi connectivity index (χ0n) is 13.2. The maximum Gasteiger partial charge on any atom is 0.135 e. The van der Waals surface area contributed by atoms with E-state index in [1.165, 1.54) is 38.9 Å². The molecule has 4 nitrogen and oxygen atoms in total. The van der Waals surface area contributed by atoms with Crippen LogP contribution in [0.15, 0.2) is 0 Å². The van der Waals surface area contributed by atoms with Gasteiger partial charge in [0.25, 0.3) is 0 Å². The highest BCUT2D eigenvalue weighted by molar-refractivity contribution is 5.78. The van der Waals surface area contributed by atoms with Gasteiger partial charge in [-0.3, -0.25) is 4.79 Å². The van der Waals surface area contributed by atoms with E-state index >= 15 is 0 Å². The minimum atomic E-state index is 0.346. The summed E-state index contributed by atoms with van der Waals surface area (Å²) in [6.45, 7) is 7.62. The van der Waals surface area contributed by atoms with Gasteiger partial charge in [-0.05, 0) is 51.2 Å². The van der Waals surface area contributed by atoms with E-state index in [-0.39, 0.29) is 0 Å². The van der Waals surface area contributed by atoms with Crippen LogP contribution in [0.1, 0.15) is 45.4 Å². The number of piperidine rings is 1. The molecule has 1 saturated heterocycles. The van der Waals surface area contributed by atoms with Gasteiger partial charge >= 0.3 is 0 Å². The van der Waals surface area contributed by atoms with Gasteiger partial charge in [0.15, 0.2) is 0 Å². The Hall–Kier alpha value is -0.450. The number of carbonyl (C=O) groups excluding carboxylic acids is 1. The van der Waals surface area contributed by atoms with E-state index in [0.29, 0.717) is 32.0 Å². The van der Waals surface area contributed by atoms with E-state index < -0.39 is 0 Å². The molecule has 118 valence electrons. The lowest BCUT2D eigenvalue weighted by Gasteiger charge is -2.31. The van der Waals surface area contributed by atoms with Crippen LogP contribution in [-0.2, 0) is 14.3 Å². The van der Waals surface area contributed by atoms with Crippen molar-refractivity contribution in [1.29, 1.82) is 0 Å². The molecule has 0 aromatic rings. The monoisotopic (exact) mass is 285 g/mol. The molecule has 20 heavy (non-hydrogen) atoms. The number of carbonyl (C=O) groups is 1. The summed E-state index contributed by atoms with van der Waals surface area (Å²) in [5, 5.41) is 0. The van der Waals surface area contributed by atoms with E-state index in [1.54, 1.807) is 7.11 Å². The summed E-state index contributed by atoms with van der Waals surface area (Å²) in [7, 11) is 1.65. The number of rotatable bonds is 11. The Morgan fingerprint density at radius 2 is 1.90 bits per heavy atom. The maximum absolute atomic E-state index is 11.8. The second kappa shape index (κ2) is 11.2. The Morgan fingerprint density at radius 3 is 2.55 bits per heavy atom. The second-order valence-electron chi connectivity index (χ2n) is 5.72. The van der Waals surface area contributed by atoms with Crippen molar-refractivity contribution in [3.05, 3.63) is 0 Å². The summed E-state index contributed by atoms with van der Waals surface area (Å²) in [6.07, 6.45) is 6.11. The molecule has 0 spiro atoms. The van der Waals surface area contributed by atoms with Crippen LogP contribution in [-0.4, -0.2) is 57.2 Å². The fourth-order valence-electron chi connectivity index (χ4n) is 2.74. The molecule has 0 aliphatic carbocycles. The van der Waals surface area contributed by atoms with E-state index in [4.69, 9.17) is 9.47 Å². The average molecular weight is 285 g/mol. The van der Waals surface area contributed by atoms with Gasteiger partial charge in [-0.25, -0.2) is 0 Å². The molecule has 0 N–H and O–H groups in total. The van der Waals surface area contributed by atoms with Crippen LogP contribution < -0.4 is 0 Å². The predicted octanol–water partition coefficient (Wildman–Crippen LogP) is 2.51. The molecule has 0 aromatic carbocycles. The van der Waals surface area contributed by atoms with Gasteiger partial charge in [-0.2, -0.15) is 0 Å². The number of methoxy groups -OCH3 is 1. The third-order valence-electron chi connectivity index (χ3n) is 4.04. The Labute approximate surface area is 123 Å². The van der Waals surface area contributed by atoms with Crippen molar-refractivity contribution in [3.63, 3.8) is 0 Å². The zero-order chi connectivity index (χ0) is 14.6. The van der Waals surface area contributed by atoms with Crippen LogP contribution in [0.25, 0.3) is 0 Å². The van der Waals surface area contributed by atoms with Crippen molar-refractivity contribution in [2.45, 2.75) is 45.4 Å². The highest BCUT2D eigenvalue weighted by Crippen LogP contribution is 2.22. The van der Waals surface area contributed by atoms with Gasteiger partial charge < -0.3 is 14.4 Å². The van der Waals surface area contributed by atoms with Crippen molar-refractivity contribution >= 4 is 5.78 Å². The lowest BCUT2D eigenvalue weighted by Crippen LogP contribution is -2.34. The van der Waals surface area contributed by atoms with Crippen molar-refractivity contribution in [2.75, 3.05) is 46.6 Å². The first-order valence-electron chi connectivity index (χ1n) is 8.07. The molecule has 0 radical (unpaired) electrons. The summed E-state index contributed by atoms with van der Waals surface area (Å²) >= 11 is 0. The minimum absolute atomic E-state index is 0.346.